The summed E-state index contributed by atoms with van der Waals surface area (Å²) in [5.41, 5.74) is 8.22. The van der Waals surface area contributed by atoms with Crippen LogP contribution in [0.4, 0.5) is 5.69 Å². The minimum absolute atomic E-state index is 0. The third-order valence-corrected chi connectivity index (χ3v) is 6.17. The topological polar surface area (TPSA) is 83.1 Å². The normalized spacial score (nSPS) is 10.0. The first-order valence-corrected chi connectivity index (χ1v) is 13.4. The van der Waals surface area contributed by atoms with Crippen molar-refractivity contribution < 1.29 is 15.7 Å². The van der Waals surface area contributed by atoms with Crippen LogP contribution in [-0.4, -0.2) is 5.60 Å². The summed E-state index contributed by atoms with van der Waals surface area (Å²) < 4.78 is 12.4. The lowest BCUT2D eigenvalue weighted by atomic mass is 10.2. The molecule has 0 amide bonds. The molecule has 0 aliphatic heterocycles. The minimum atomic E-state index is -0.429. The maximum atomic E-state index is 9.35. The molecule has 0 atom stereocenters. The molecule has 0 heterocycles. The van der Waals surface area contributed by atoms with Gasteiger partial charge in [0.15, 0.2) is 5.34 Å². The molecule has 216 valence electrons. The maximum Gasteiger partial charge on any atom is 0.155 e. The van der Waals surface area contributed by atoms with Crippen molar-refractivity contribution in [2.24, 2.45) is 5.34 Å². The maximum absolute atomic E-state index is 9.35. The average Bonchev–Trinajstić information content (AvgIpc) is 2.87. The number of benzene rings is 4. The third kappa shape index (κ3) is 13.2. The number of hydrogen-bond acceptors (Lipinski definition) is 6. The van der Waals surface area contributed by atoms with E-state index in [0.717, 1.165) is 44.3 Å². The summed E-state index contributed by atoms with van der Waals surface area (Å²) in [5, 5.41) is 3.66. The fourth-order valence-electron chi connectivity index (χ4n) is 2.78. The molecule has 0 saturated heterocycles. The van der Waals surface area contributed by atoms with Gasteiger partial charge in [0.2, 0.25) is 0 Å². The SMILES string of the molecule is C.CC(C)(C)ON=O.Cc1cc(Oc2ccc(Cl)cc2)ccc1Br.Cc1cc(Oc2ccc(Cl)cc2)ccc1N.[2HH]. The van der Waals surface area contributed by atoms with Gasteiger partial charge in [0, 0.05) is 21.6 Å². The smallest absolute Gasteiger partial charge is 0.155 e. The zero-order chi connectivity index (χ0) is 29.0. The highest BCUT2D eigenvalue weighted by molar-refractivity contribution is 9.10. The van der Waals surface area contributed by atoms with Crippen LogP contribution in [0.5, 0.6) is 23.0 Å². The standard InChI is InChI=1S/C13H10BrClO.C13H12ClNO.C4H9NO2.CH4.H2/c1-9-8-12(6-7-13(9)14)16-11-4-2-10(15)3-5-11;1-9-8-12(6-7-13(9)15)16-11-4-2-10(14)3-5-11;1-4(2,3)7-5-6;;/h2-8H,1H3;2-8H,15H2,1H3;1-3H3;1H4;1H/i;;;;1+1. The van der Waals surface area contributed by atoms with Crippen LogP contribution >= 0.6 is 39.1 Å². The van der Waals surface area contributed by atoms with Gasteiger partial charge in [-0.2, -0.15) is 0 Å². The molecule has 9 heteroatoms. The van der Waals surface area contributed by atoms with Gasteiger partial charge in [0.1, 0.15) is 28.6 Å². The Balaban J connectivity index is 0.000000615. The van der Waals surface area contributed by atoms with Crippen molar-refractivity contribution in [2.75, 3.05) is 5.73 Å². The first kappa shape index (κ1) is 34.8. The zero-order valence-electron chi connectivity index (χ0n) is 22.4. The van der Waals surface area contributed by atoms with Gasteiger partial charge in [-0.3, -0.25) is 0 Å². The molecule has 6 nitrogen and oxygen atoms in total. The van der Waals surface area contributed by atoms with Gasteiger partial charge in [-0.25, -0.2) is 0 Å². The lowest BCUT2D eigenvalue weighted by molar-refractivity contribution is -0.00229. The first-order valence-electron chi connectivity index (χ1n) is 11.9. The molecular weight excluding hydrogens is 615 g/mol. The van der Waals surface area contributed by atoms with E-state index in [-0.39, 0.29) is 8.85 Å². The van der Waals surface area contributed by atoms with Crippen molar-refractivity contribution >= 4 is 44.8 Å². The highest BCUT2D eigenvalue weighted by atomic mass is 79.9. The fraction of sp³-hybridized carbons (Fsp3) is 0.226. The molecule has 4 rings (SSSR count). The number of halogens is 3. The summed E-state index contributed by atoms with van der Waals surface area (Å²) in [4.78, 5) is 13.6. The summed E-state index contributed by atoms with van der Waals surface area (Å²) in [6, 6.07) is 26.0. The monoisotopic (exact) mass is 651 g/mol. The van der Waals surface area contributed by atoms with Gasteiger partial charge < -0.3 is 20.0 Å². The molecule has 0 aromatic heterocycles. The van der Waals surface area contributed by atoms with E-state index < -0.39 is 5.60 Å². The number of ether oxygens (including phenoxy) is 2. The predicted molar refractivity (Wildman–Crippen MR) is 173 cm³/mol. The summed E-state index contributed by atoms with van der Waals surface area (Å²) in [5.74, 6) is 3.14. The molecular formula is C31H37BrCl2N2O4. The first-order chi connectivity index (χ1) is 18.4. The van der Waals surface area contributed by atoms with Crippen molar-refractivity contribution in [1.29, 1.82) is 0 Å². The van der Waals surface area contributed by atoms with Crippen LogP contribution in [0.2, 0.25) is 10.0 Å². The van der Waals surface area contributed by atoms with Crippen molar-refractivity contribution in [3.63, 3.8) is 0 Å². The van der Waals surface area contributed by atoms with Gasteiger partial charge in [-0.15, -0.1) is 4.91 Å². The molecule has 40 heavy (non-hydrogen) atoms. The van der Waals surface area contributed by atoms with E-state index >= 15 is 0 Å². The van der Waals surface area contributed by atoms with Gasteiger partial charge >= 0.3 is 0 Å². The Hall–Kier alpha value is -3.26. The Morgan fingerprint density at radius 3 is 1.48 bits per heavy atom. The van der Waals surface area contributed by atoms with Crippen LogP contribution in [0.3, 0.4) is 0 Å². The van der Waals surface area contributed by atoms with Crippen LogP contribution < -0.4 is 15.2 Å². The van der Waals surface area contributed by atoms with Gasteiger partial charge in [-0.1, -0.05) is 46.6 Å². The van der Waals surface area contributed by atoms with E-state index in [2.05, 4.69) is 26.1 Å². The zero-order valence-corrected chi connectivity index (χ0v) is 25.5. The largest absolute Gasteiger partial charge is 0.457 e. The molecule has 4 aromatic carbocycles. The number of rotatable bonds is 5. The molecule has 2 N–H and O–H groups in total. The second kappa shape index (κ2) is 16.8. The average molecular weight is 653 g/mol. The highest BCUT2D eigenvalue weighted by Gasteiger charge is 2.09. The van der Waals surface area contributed by atoms with Crippen molar-refractivity contribution in [1.82, 2.24) is 0 Å². The molecule has 0 saturated carbocycles. The number of aryl methyl sites for hydroxylation is 2. The third-order valence-electron chi connectivity index (χ3n) is 4.78. The number of nitrogens with two attached hydrogens (primary N) is 1. The van der Waals surface area contributed by atoms with Crippen molar-refractivity contribution in [2.45, 2.75) is 47.6 Å². The number of hydrogen-bond donors (Lipinski definition) is 1. The summed E-state index contributed by atoms with van der Waals surface area (Å²) >= 11 is 15.0. The molecule has 0 unspecified atom stereocenters. The molecule has 0 bridgehead atoms. The van der Waals surface area contributed by atoms with E-state index in [0.29, 0.717) is 10.0 Å². The van der Waals surface area contributed by atoms with E-state index in [1.807, 2.05) is 86.6 Å². The van der Waals surface area contributed by atoms with Crippen LogP contribution in [0, 0.1) is 18.8 Å². The molecule has 0 spiro atoms. The molecule has 0 aliphatic rings. The van der Waals surface area contributed by atoms with Crippen LogP contribution in [0.15, 0.2) is 94.7 Å². The van der Waals surface area contributed by atoms with Crippen LogP contribution in [-0.2, 0) is 4.84 Å². The van der Waals surface area contributed by atoms with Crippen LogP contribution in [0.25, 0.3) is 0 Å². The van der Waals surface area contributed by atoms with E-state index in [1.54, 1.807) is 32.9 Å². The lowest BCUT2D eigenvalue weighted by Gasteiger charge is -2.11. The Labute approximate surface area is 256 Å². The highest BCUT2D eigenvalue weighted by Crippen LogP contribution is 2.27. The van der Waals surface area contributed by atoms with Crippen molar-refractivity contribution in [3.8, 4) is 23.0 Å². The number of nitrogen functional groups attached to an aromatic ring is 1. The molecule has 0 fully saturated rings. The fourth-order valence-corrected chi connectivity index (χ4v) is 3.28. The quantitative estimate of drug-likeness (QED) is 0.132. The number of anilines is 1. The van der Waals surface area contributed by atoms with Gasteiger partial charge in [0.25, 0.3) is 0 Å². The Bertz CT molecular complexity index is 1260. The molecule has 0 radical (unpaired) electrons. The minimum Gasteiger partial charge on any atom is -0.457 e. The second-order valence-electron chi connectivity index (χ2n) is 9.32. The summed E-state index contributed by atoms with van der Waals surface area (Å²) in [6.45, 7) is 9.25. The Kier molecular flexibility index (Phi) is 14.6. The molecule has 4 aromatic rings. The van der Waals surface area contributed by atoms with E-state index in [1.165, 1.54) is 0 Å². The number of nitrogens with zero attached hydrogens (tertiary/aromatic N) is 1. The van der Waals surface area contributed by atoms with E-state index in [4.69, 9.17) is 38.4 Å². The van der Waals surface area contributed by atoms with Gasteiger partial charge in [-0.05, 0) is 131 Å². The lowest BCUT2D eigenvalue weighted by Crippen LogP contribution is -2.14. The van der Waals surface area contributed by atoms with Gasteiger partial charge in [0.05, 0.1) is 0 Å². The Morgan fingerprint density at radius 1 is 0.725 bits per heavy atom. The van der Waals surface area contributed by atoms with Crippen LogP contribution in [0.1, 0.15) is 40.8 Å². The second-order valence-corrected chi connectivity index (χ2v) is 11.0. The van der Waals surface area contributed by atoms with E-state index in [9.17, 15) is 4.91 Å². The Morgan fingerprint density at radius 2 is 1.12 bits per heavy atom. The molecule has 0 aliphatic carbocycles. The summed E-state index contributed by atoms with van der Waals surface area (Å²) in [7, 11) is 0. The van der Waals surface area contributed by atoms with Crippen molar-refractivity contribution in [3.05, 3.63) is 115 Å². The predicted octanol–water partition coefficient (Wildman–Crippen LogP) is 11.6. The summed E-state index contributed by atoms with van der Waals surface area (Å²) in [6.07, 6.45) is 0.